The van der Waals surface area contributed by atoms with Gasteiger partial charge in [0.25, 0.3) is 0 Å². The van der Waals surface area contributed by atoms with E-state index in [2.05, 4.69) is 17.2 Å². The molecule has 2 fully saturated rings. The highest BCUT2D eigenvalue weighted by atomic mass is 16.5. The molecule has 2 aliphatic heterocycles. The third-order valence-corrected chi connectivity index (χ3v) is 5.58. The lowest BCUT2D eigenvalue weighted by Crippen LogP contribution is -2.41. The number of amides is 1. The largest absolute Gasteiger partial charge is 0.388 e. The highest BCUT2D eigenvalue weighted by Crippen LogP contribution is 2.42. The fraction of sp³-hybridized carbons (Fsp3) is 0.500. The first-order chi connectivity index (χ1) is 12.6. The highest BCUT2D eigenvalue weighted by molar-refractivity contribution is 5.76. The van der Waals surface area contributed by atoms with Gasteiger partial charge in [-0.3, -0.25) is 9.48 Å². The number of hydrogen-bond donors (Lipinski definition) is 1. The number of β-amino-alcohol motifs (C(OH)–C–C–N with tert-alkyl or cyclic N) is 1. The van der Waals surface area contributed by atoms with E-state index >= 15 is 0 Å². The van der Waals surface area contributed by atoms with E-state index in [-0.39, 0.29) is 11.8 Å². The maximum Gasteiger partial charge on any atom is 0.224 e. The van der Waals surface area contributed by atoms with E-state index < -0.39 is 11.7 Å². The van der Waals surface area contributed by atoms with Gasteiger partial charge in [0.1, 0.15) is 11.7 Å². The second-order valence-electron chi connectivity index (χ2n) is 7.45. The second-order valence-corrected chi connectivity index (χ2v) is 7.45. The number of carbonyl (C=O) groups excluding carboxylic acids is 1. The molecule has 1 N–H and O–H groups in total. The van der Waals surface area contributed by atoms with Crippen LogP contribution in [-0.2, 0) is 16.1 Å². The predicted octanol–water partition coefficient (Wildman–Crippen LogP) is 1.73. The summed E-state index contributed by atoms with van der Waals surface area (Å²) in [7, 11) is 0. The van der Waals surface area contributed by atoms with Crippen LogP contribution < -0.4 is 0 Å². The number of aliphatic hydroxyl groups excluding tert-OH is 1. The molecule has 138 valence electrons. The van der Waals surface area contributed by atoms with Gasteiger partial charge in [0, 0.05) is 31.6 Å². The van der Waals surface area contributed by atoms with Gasteiger partial charge in [-0.2, -0.15) is 5.10 Å². The summed E-state index contributed by atoms with van der Waals surface area (Å²) in [5, 5.41) is 14.9. The second kappa shape index (κ2) is 6.85. The molecule has 26 heavy (non-hydrogen) atoms. The van der Waals surface area contributed by atoms with Crippen molar-refractivity contribution in [1.82, 2.24) is 14.7 Å². The van der Waals surface area contributed by atoms with E-state index in [4.69, 9.17) is 4.74 Å². The summed E-state index contributed by atoms with van der Waals surface area (Å²) >= 11 is 0. The molecule has 2 aromatic rings. The van der Waals surface area contributed by atoms with Crippen LogP contribution >= 0.6 is 0 Å². The van der Waals surface area contributed by atoms with Crippen LogP contribution in [-0.4, -0.2) is 57.1 Å². The smallest absolute Gasteiger partial charge is 0.224 e. The number of rotatable bonds is 4. The molecule has 3 heterocycles. The van der Waals surface area contributed by atoms with Gasteiger partial charge < -0.3 is 14.7 Å². The van der Waals surface area contributed by atoms with Crippen molar-refractivity contribution in [2.75, 3.05) is 19.7 Å². The minimum absolute atomic E-state index is 0.0424. The lowest BCUT2D eigenvalue weighted by Gasteiger charge is -2.26. The molecule has 0 bridgehead atoms. The zero-order valence-electron chi connectivity index (χ0n) is 15.0. The normalized spacial score (nSPS) is 28.2. The highest BCUT2D eigenvalue weighted by Gasteiger charge is 2.53. The van der Waals surface area contributed by atoms with Gasteiger partial charge in [-0.15, -0.1) is 0 Å². The predicted molar refractivity (Wildman–Crippen MR) is 96.7 cm³/mol. The van der Waals surface area contributed by atoms with Crippen LogP contribution in [0, 0.1) is 6.92 Å². The van der Waals surface area contributed by atoms with E-state index in [0.717, 1.165) is 12.1 Å². The van der Waals surface area contributed by atoms with E-state index in [1.165, 1.54) is 5.56 Å². The number of ether oxygens (including phenoxy) is 1. The van der Waals surface area contributed by atoms with Gasteiger partial charge in [-0.25, -0.2) is 0 Å². The van der Waals surface area contributed by atoms with Crippen molar-refractivity contribution < 1.29 is 14.6 Å². The lowest BCUT2D eigenvalue weighted by atomic mass is 9.87. The third kappa shape index (κ3) is 3.27. The topological polar surface area (TPSA) is 67.6 Å². The number of carbonyl (C=O) groups is 1. The van der Waals surface area contributed by atoms with E-state index in [0.29, 0.717) is 32.7 Å². The first-order valence-electron chi connectivity index (χ1n) is 9.20. The van der Waals surface area contributed by atoms with Gasteiger partial charge in [0.15, 0.2) is 0 Å². The zero-order valence-corrected chi connectivity index (χ0v) is 15.0. The monoisotopic (exact) mass is 355 g/mol. The minimum Gasteiger partial charge on any atom is -0.388 e. The molecule has 3 atom stereocenters. The Morgan fingerprint density at radius 2 is 2.15 bits per heavy atom. The molecule has 0 aliphatic carbocycles. The van der Waals surface area contributed by atoms with Crippen molar-refractivity contribution in [1.29, 1.82) is 0 Å². The summed E-state index contributed by atoms with van der Waals surface area (Å²) in [4.78, 5) is 14.3. The fourth-order valence-corrected chi connectivity index (χ4v) is 4.10. The Morgan fingerprint density at radius 3 is 2.88 bits per heavy atom. The number of benzene rings is 1. The Morgan fingerprint density at radius 1 is 1.35 bits per heavy atom. The van der Waals surface area contributed by atoms with E-state index in [1.807, 2.05) is 37.4 Å². The average Bonchev–Trinajstić information content (AvgIpc) is 3.35. The minimum atomic E-state index is -0.632. The first kappa shape index (κ1) is 17.2. The molecular weight excluding hydrogens is 330 g/mol. The van der Waals surface area contributed by atoms with Gasteiger partial charge in [0.05, 0.1) is 18.8 Å². The quantitative estimate of drug-likeness (QED) is 0.907. The van der Waals surface area contributed by atoms with E-state index in [1.54, 1.807) is 9.58 Å². The number of aromatic nitrogens is 2. The molecule has 6 heteroatoms. The molecule has 0 unspecified atom stereocenters. The van der Waals surface area contributed by atoms with Gasteiger partial charge >= 0.3 is 0 Å². The summed E-state index contributed by atoms with van der Waals surface area (Å²) < 4.78 is 7.85. The fourth-order valence-electron chi connectivity index (χ4n) is 4.10. The van der Waals surface area contributed by atoms with E-state index in [9.17, 15) is 9.90 Å². The van der Waals surface area contributed by atoms with Crippen molar-refractivity contribution in [2.45, 2.75) is 43.9 Å². The standard InChI is InChI=1S/C20H25N3O3/c1-15-7-9-23(21-15)10-8-19(25)22-12-18(24)20(14-22)11-17(13-26-20)16-5-3-2-4-6-16/h2-7,9,17-18,24H,8,10-14H2,1H3/t17-,18+,20+/m0/s1. The number of likely N-dealkylation sites (tertiary alicyclic amines) is 1. The van der Waals surface area contributed by atoms with Crippen molar-refractivity contribution in [2.24, 2.45) is 0 Å². The zero-order chi connectivity index (χ0) is 18.1. The average molecular weight is 355 g/mol. The Bertz CT molecular complexity index is 776. The van der Waals surface area contributed by atoms with Crippen molar-refractivity contribution >= 4 is 5.91 Å². The number of nitrogens with zero attached hydrogens (tertiary/aromatic N) is 3. The van der Waals surface area contributed by atoms with Gasteiger partial charge in [0.2, 0.25) is 5.91 Å². The summed E-state index contributed by atoms with van der Waals surface area (Å²) in [6, 6.07) is 12.2. The van der Waals surface area contributed by atoms with Gasteiger partial charge in [-0.05, 0) is 25.0 Å². The Labute approximate surface area is 153 Å². The number of aryl methyl sites for hydroxylation is 2. The Balaban J connectivity index is 1.37. The van der Waals surface area contributed by atoms with Crippen molar-refractivity contribution in [3.63, 3.8) is 0 Å². The Hall–Kier alpha value is -2.18. The molecule has 0 radical (unpaired) electrons. The molecule has 6 nitrogen and oxygen atoms in total. The van der Waals surface area contributed by atoms with Crippen molar-refractivity contribution in [3.8, 4) is 0 Å². The summed E-state index contributed by atoms with van der Waals surface area (Å²) in [6.45, 7) is 3.89. The molecule has 1 aromatic carbocycles. The maximum atomic E-state index is 12.6. The van der Waals surface area contributed by atoms with Crippen LogP contribution in [0.5, 0.6) is 0 Å². The number of aliphatic hydroxyl groups is 1. The van der Waals surface area contributed by atoms with Crippen LogP contribution in [0.2, 0.25) is 0 Å². The SMILES string of the molecule is Cc1ccn(CCC(=O)N2C[C@@H](O)[C@@]3(C[C@H](c4ccccc4)CO3)C2)n1. The first-order valence-corrected chi connectivity index (χ1v) is 9.20. The lowest BCUT2D eigenvalue weighted by molar-refractivity contribution is -0.131. The summed E-state index contributed by atoms with van der Waals surface area (Å²) in [5.74, 6) is 0.314. The van der Waals surface area contributed by atoms with Crippen LogP contribution in [0.15, 0.2) is 42.6 Å². The third-order valence-electron chi connectivity index (χ3n) is 5.58. The molecule has 2 aliphatic rings. The van der Waals surface area contributed by atoms with Crippen LogP contribution in [0.25, 0.3) is 0 Å². The molecular formula is C20H25N3O3. The van der Waals surface area contributed by atoms with Crippen LogP contribution in [0.4, 0.5) is 0 Å². The maximum absolute atomic E-state index is 12.6. The number of hydrogen-bond acceptors (Lipinski definition) is 4. The Kier molecular flexibility index (Phi) is 4.54. The van der Waals surface area contributed by atoms with Crippen LogP contribution in [0.3, 0.4) is 0 Å². The summed E-state index contributed by atoms with van der Waals surface area (Å²) in [6.07, 6.45) is 2.38. The molecule has 1 aromatic heterocycles. The molecule has 1 amide bonds. The van der Waals surface area contributed by atoms with Gasteiger partial charge in [-0.1, -0.05) is 30.3 Å². The van der Waals surface area contributed by atoms with Crippen molar-refractivity contribution in [3.05, 3.63) is 53.9 Å². The molecule has 4 rings (SSSR count). The summed E-state index contributed by atoms with van der Waals surface area (Å²) in [5.41, 5.74) is 1.55. The van der Waals surface area contributed by atoms with Crippen LogP contribution in [0.1, 0.15) is 30.0 Å². The molecule has 2 saturated heterocycles. The molecule has 1 spiro atoms. The molecule has 0 saturated carbocycles.